The lowest BCUT2D eigenvalue weighted by Crippen LogP contribution is -2.04. The van der Waals surface area contributed by atoms with E-state index in [0.717, 1.165) is 0 Å². The number of methoxy groups -OCH3 is 1. The molecule has 78 valence electrons. The number of carboxylic acid groups (broad SMARTS) is 1. The summed E-state index contributed by atoms with van der Waals surface area (Å²) in [5, 5.41) is 8.71. The second kappa shape index (κ2) is 4.61. The summed E-state index contributed by atoms with van der Waals surface area (Å²) in [4.78, 5) is 26.1. The number of aromatic carboxylic acids is 1. The number of nitrogens with one attached hydrogen (secondary N) is 2. The molecular weight excluding hydrogens is 188 g/mol. The van der Waals surface area contributed by atoms with Crippen LogP contribution in [0.25, 0.3) is 0 Å². The number of H-pyrrole nitrogens is 2. The number of aromatic nitrogens is 2. The lowest BCUT2D eigenvalue weighted by molar-refractivity contribution is 0.0689. The quantitative estimate of drug-likeness (QED) is 0.582. The number of hydrogen-bond acceptors (Lipinski definition) is 3. The van der Waals surface area contributed by atoms with Gasteiger partial charge in [-0.3, -0.25) is 4.98 Å². The summed E-state index contributed by atoms with van der Waals surface area (Å²) in [5.41, 5.74) is -0.138. The van der Waals surface area contributed by atoms with E-state index in [-0.39, 0.29) is 5.69 Å². The maximum absolute atomic E-state index is 10.8. The van der Waals surface area contributed by atoms with Crippen LogP contribution in [0.2, 0.25) is 0 Å². The zero-order valence-electron chi connectivity index (χ0n) is 7.79. The summed E-state index contributed by atoms with van der Waals surface area (Å²) >= 11 is 0. The summed E-state index contributed by atoms with van der Waals surface area (Å²) in [7, 11) is 1.57. The third kappa shape index (κ3) is 2.46. The van der Waals surface area contributed by atoms with Crippen molar-refractivity contribution in [2.24, 2.45) is 0 Å². The smallest absolute Gasteiger partial charge is 0.354 e. The van der Waals surface area contributed by atoms with Crippen molar-refractivity contribution < 1.29 is 14.6 Å². The van der Waals surface area contributed by atoms with E-state index in [1.54, 1.807) is 7.11 Å². The molecule has 0 aliphatic carbocycles. The van der Waals surface area contributed by atoms with Crippen LogP contribution in [0.4, 0.5) is 0 Å². The number of imidazole rings is 1. The van der Waals surface area contributed by atoms with Crippen LogP contribution in [0.5, 0.6) is 0 Å². The Morgan fingerprint density at radius 1 is 1.50 bits per heavy atom. The molecule has 1 aromatic rings. The van der Waals surface area contributed by atoms with Crippen molar-refractivity contribution in [3.63, 3.8) is 0 Å². The van der Waals surface area contributed by atoms with Gasteiger partial charge >= 0.3 is 11.7 Å². The van der Waals surface area contributed by atoms with E-state index in [9.17, 15) is 9.59 Å². The molecular formula is C8H12N2O4. The summed E-state index contributed by atoms with van der Waals surface area (Å²) < 4.78 is 4.82. The topological polar surface area (TPSA) is 95.2 Å². The predicted molar refractivity (Wildman–Crippen MR) is 48.6 cm³/mol. The minimum atomic E-state index is -1.13. The fraction of sp³-hybridized carbons (Fsp3) is 0.500. The Kier molecular flexibility index (Phi) is 3.47. The van der Waals surface area contributed by atoms with Gasteiger partial charge in [-0.15, -0.1) is 0 Å². The molecule has 0 aliphatic rings. The van der Waals surface area contributed by atoms with Crippen LogP contribution in [-0.4, -0.2) is 34.8 Å². The van der Waals surface area contributed by atoms with E-state index in [4.69, 9.17) is 9.84 Å². The van der Waals surface area contributed by atoms with Crippen molar-refractivity contribution in [1.82, 2.24) is 9.97 Å². The third-order valence-electron chi connectivity index (χ3n) is 1.79. The molecule has 0 saturated carbocycles. The van der Waals surface area contributed by atoms with Crippen LogP contribution >= 0.6 is 0 Å². The Hall–Kier alpha value is -1.56. The van der Waals surface area contributed by atoms with Crippen LogP contribution in [-0.2, 0) is 11.2 Å². The second-order valence-corrected chi connectivity index (χ2v) is 2.83. The summed E-state index contributed by atoms with van der Waals surface area (Å²) in [5.74, 6) is -1.13. The number of carbonyl (C=O) groups is 1. The van der Waals surface area contributed by atoms with Gasteiger partial charge in [0.05, 0.1) is 5.69 Å². The lowest BCUT2D eigenvalue weighted by Gasteiger charge is -1.98. The van der Waals surface area contributed by atoms with Gasteiger partial charge in [0.1, 0.15) is 5.69 Å². The molecule has 0 aliphatic heterocycles. The molecule has 1 heterocycles. The lowest BCUT2D eigenvalue weighted by atomic mass is 10.2. The Balaban J connectivity index is 2.74. The van der Waals surface area contributed by atoms with Crippen LogP contribution in [0.3, 0.4) is 0 Å². The van der Waals surface area contributed by atoms with E-state index in [0.29, 0.717) is 25.1 Å². The van der Waals surface area contributed by atoms with Crippen LogP contribution in [0.1, 0.15) is 22.6 Å². The molecule has 1 rings (SSSR count). The predicted octanol–water partition coefficient (Wildman–Crippen LogP) is -0.0198. The molecule has 0 radical (unpaired) electrons. The molecule has 6 heteroatoms. The molecule has 0 unspecified atom stereocenters. The summed E-state index contributed by atoms with van der Waals surface area (Å²) in [6.45, 7) is 0.534. The maximum atomic E-state index is 10.8. The fourth-order valence-corrected chi connectivity index (χ4v) is 1.18. The molecule has 0 aromatic carbocycles. The van der Waals surface area contributed by atoms with Gasteiger partial charge in [-0.05, 0) is 12.8 Å². The molecule has 0 saturated heterocycles. The first-order chi connectivity index (χ1) is 6.65. The first kappa shape index (κ1) is 10.5. The molecule has 0 spiro atoms. The number of hydrogen-bond donors (Lipinski definition) is 3. The van der Waals surface area contributed by atoms with E-state index in [1.165, 1.54) is 0 Å². The third-order valence-corrected chi connectivity index (χ3v) is 1.79. The molecule has 0 bridgehead atoms. The first-order valence-electron chi connectivity index (χ1n) is 4.18. The van der Waals surface area contributed by atoms with Crippen LogP contribution in [0, 0.1) is 0 Å². The molecule has 14 heavy (non-hydrogen) atoms. The maximum Gasteiger partial charge on any atom is 0.354 e. The standard InChI is InChI=1S/C8H12N2O4/c1-14-4-2-3-5-6(7(11)12)10-8(13)9-5/h2-4H2,1H3,(H,11,12)(H2,9,10,13). The molecule has 0 amide bonds. The molecule has 1 aromatic heterocycles. The van der Waals surface area contributed by atoms with E-state index >= 15 is 0 Å². The highest BCUT2D eigenvalue weighted by Gasteiger charge is 2.12. The number of carboxylic acids is 1. The Morgan fingerprint density at radius 2 is 2.21 bits per heavy atom. The summed E-state index contributed by atoms with van der Waals surface area (Å²) in [6.07, 6.45) is 1.15. The van der Waals surface area contributed by atoms with E-state index < -0.39 is 11.7 Å². The van der Waals surface area contributed by atoms with Gasteiger partial charge in [-0.25, -0.2) is 9.59 Å². The van der Waals surface area contributed by atoms with Gasteiger partial charge < -0.3 is 14.8 Å². The van der Waals surface area contributed by atoms with Crippen molar-refractivity contribution in [3.05, 3.63) is 21.9 Å². The largest absolute Gasteiger partial charge is 0.477 e. The highest BCUT2D eigenvalue weighted by molar-refractivity contribution is 5.86. The Morgan fingerprint density at radius 3 is 2.79 bits per heavy atom. The monoisotopic (exact) mass is 200 g/mol. The minimum absolute atomic E-state index is 0.0638. The highest BCUT2D eigenvalue weighted by atomic mass is 16.5. The van der Waals surface area contributed by atoms with Gasteiger partial charge in [0.25, 0.3) is 0 Å². The van der Waals surface area contributed by atoms with Crippen molar-refractivity contribution in [2.45, 2.75) is 12.8 Å². The molecule has 0 fully saturated rings. The van der Waals surface area contributed by atoms with Crippen LogP contribution < -0.4 is 5.69 Å². The van der Waals surface area contributed by atoms with Gasteiger partial charge in [0.2, 0.25) is 0 Å². The van der Waals surface area contributed by atoms with Crippen molar-refractivity contribution in [2.75, 3.05) is 13.7 Å². The van der Waals surface area contributed by atoms with Crippen molar-refractivity contribution in [1.29, 1.82) is 0 Å². The van der Waals surface area contributed by atoms with E-state index in [1.807, 2.05) is 0 Å². The zero-order chi connectivity index (χ0) is 10.6. The van der Waals surface area contributed by atoms with Gasteiger partial charge in [-0.1, -0.05) is 0 Å². The SMILES string of the molecule is COCCCc1[nH]c(=O)[nH]c1C(=O)O. The number of rotatable bonds is 5. The first-order valence-corrected chi connectivity index (χ1v) is 4.18. The fourth-order valence-electron chi connectivity index (χ4n) is 1.18. The zero-order valence-corrected chi connectivity index (χ0v) is 7.79. The van der Waals surface area contributed by atoms with E-state index in [2.05, 4.69) is 9.97 Å². The Labute approximate surface area is 79.9 Å². The average Bonchev–Trinajstić information content (AvgIpc) is 2.47. The van der Waals surface area contributed by atoms with Gasteiger partial charge in [0, 0.05) is 13.7 Å². The molecule has 3 N–H and O–H groups in total. The highest BCUT2D eigenvalue weighted by Crippen LogP contribution is 2.03. The van der Waals surface area contributed by atoms with Gasteiger partial charge in [-0.2, -0.15) is 0 Å². The number of aromatic amines is 2. The summed E-state index contributed by atoms with van der Waals surface area (Å²) in [6, 6.07) is 0. The van der Waals surface area contributed by atoms with Gasteiger partial charge in [0.15, 0.2) is 0 Å². The average molecular weight is 200 g/mol. The number of aryl methyl sites for hydroxylation is 1. The normalized spacial score (nSPS) is 10.4. The molecule has 0 atom stereocenters. The van der Waals surface area contributed by atoms with Crippen molar-refractivity contribution in [3.8, 4) is 0 Å². The van der Waals surface area contributed by atoms with Crippen molar-refractivity contribution >= 4 is 5.97 Å². The molecule has 6 nitrogen and oxygen atoms in total. The second-order valence-electron chi connectivity index (χ2n) is 2.83. The minimum Gasteiger partial charge on any atom is -0.477 e. The number of ether oxygens (including phenoxy) is 1. The Bertz CT molecular complexity index is 366. The van der Waals surface area contributed by atoms with Crippen LogP contribution in [0.15, 0.2) is 4.79 Å².